The van der Waals surface area contributed by atoms with Crippen LogP contribution in [0.25, 0.3) is 0 Å². The van der Waals surface area contributed by atoms with Gasteiger partial charge in [0.15, 0.2) is 0 Å². The molecule has 1 rings (SSSR count). The summed E-state index contributed by atoms with van der Waals surface area (Å²) >= 11 is 0. The van der Waals surface area contributed by atoms with Gasteiger partial charge in [0.25, 0.3) is 0 Å². The summed E-state index contributed by atoms with van der Waals surface area (Å²) in [5.41, 5.74) is 0. The molecule has 11 heavy (non-hydrogen) atoms. The SMILES string of the molecule is CC(C)[C@H]1CO[C@@H](CF)CN1. The number of hydrogen-bond donors (Lipinski definition) is 1. The van der Waals surface area contributed by atoms with Gasteiger partial charge in [0, 0.05) is 12.6 Å². The zero-order valence-corrected chi connectivity index (χ0v) is 7.14. The maximum absolute atomic E-state index is 12.0. The molecule has 0 amide bonds. The molecule has 0 saturated carbocycles. The topological polar surface area (TPSA) is 21.3 Å². The minimum absolute atomic E-state index is 0.218. The van der Waals surface area contributed by atoms with Gasteiger partial charge >= 0.3 is 0 Å². The standard InChI is InChI=1S/C8H16FNO/c1-6(2)8-5-11-7(3-9)4-10-8/h6-8,10H,3-5H2,1-2H3/t7-,8+/m0/s1. The van der Waals surface area contributed by atoms with Crippen molar-refractivity contribution in [3.8, 4) is 0 Å². The van der Waals surface area contributed by atoms with Crippen LogP contribution in [0.4, 0.5) is 4.39 Å². The number of alkyl halides is 1. The lowest BCUT2D eigenvalue weighted by Gasteiger charge is -2.31. The highest BCUT2D eigenvalue weighted by atomic mass is 19.1. The Balaban J connectivity index is 2.24. The Labute approximate surface area is 67.1 Å². The van der Waals surface area contributed by atoms with Crippen molar-refractivity contribution < 1.29 is 9.13 Å². The van der Waals surface area contributed by atoms with Crippen LogP contribution in [0.2, 0.25) is 0 Å². The molecule has 0 aromatic heterocycles. The highest BCUT2D eigenvalue weighted by Crippen LogP contribution is 2.08. The third kappa shape index (κ3) is 2.42. The van der Waals surface area contributed by atoms with Crippen molar-refractivity contribution >= 4 is 0 Å². The molecule has 1 N–H and O–H groups in total. The molecule has 0 aromatic carbocycles. The van der Waals surface area contributed by atoms with Crippen LogP contribution in [0.5, 0.6) is 0 Å². The summed E-state index contributed by atoms with van der Waals surface area (Å²) in [7, 11) is 0. The van der Waals surface area contributed by atoms with E-state index in [1.54, 1.807) is 0 Å². The minimum Gasteiger partial charge on any atom is -0.373 e. The largest absolute Gasteiger partial charge is 0.373 e. The Hall–Kier alpha value is -0.150. The molecule has 66 valence electrons. The number of ether oxygens (including phenoxy) is 1. The van der Waals surface area contributed by atoms with Crippen LogP contribution >= 0.6 is 0 Å². The van der Waals surface area contributed by atoms with Crippen molar-refractivity contribution in [2.24, 2.45) is 5.92 Å². The van der Waals surface area contributed by atoms with E-state index in [1.165, 1.54) is 0 Å². The first-order valence-corrected chi connectivity index (χ1v) is 4.15. The Bertz CT molecular complexity index is 111. The highest BCUT2D eigenvalue weighted by molar-refractivity contribution is 4.77. The number of rotatable bonds is 2. The molecule has 1 heterocycles. The molecule has 1 saturated heterocycles. The lowest BCUT2D eigenvalue weighted by molar-refractivity contribution is -0.0172. The zero-order valence-electron chi connectivity index (χ0n) is 7.14. The van der Waals surface area contributed by atoms with Gasteiger partial charge in [-0.3, -0.25) is 0 Å². The second-order valence-electron chi connectivity index (χ2n) is 3.37. The van der Waals surface area contributed by atoms with E-state index in [9.17, 15) is 4.39 Å². The number of halogens is 1. The van der Waals surface area contributed by atoms with Crippen molar-refractivity contribution in [1.82, 2.24) is 5.32 Å². The van der Waals surface area contributed by atoms with Crippen molar-refractivity contribution in [2.75, 3.05) is 19.8 Å². The zero-order chi connectivity index (χ0) is 8.27. The second-order valence-corrected chi connectivity index (χ2v) is 3.37. The van der Waals surface area contributed by atoms with Gasteiger partial charge in [-0.1, -0.05) is 13.8 Å². The molecule has 0 aromatic rings. The lowest BCUT2D eigenvalue weighted by atomic mass is 10.0. The van der Waals surface area contributed by atoms with E-state index in [0.717, 1.165) is 0 Å². The summed E-state index contributed by atoms with van der Waals surface area (Å²) < 4.78 is 17.3. The van der Waals surface area contributed by atoms with E-state index in [-0.39, 0.29) is 12.8 Å². The van der Waals surface area contributed by atoms with Gasteiger partial charge in [-0.05, 0) is 5.92 Å². The van der Waals surface area contributed by atoms with E-state index in [0.29, 0.717) is 25.1 Å². The Kier molecular flexibility index (Phi) is 3.27. The molecule has 1 fully saturated rings. The first kappa shape index (κ1) is 8.94. The summed E-state index contributed by atoms with van der Waals surface area (Å²) in [5.74, 6) is 0.565. The molecule has 0 aliphatic carbocycles. The predicted molar refractivity (Wildman–Crippen MR) is 42.3 cm³/mol. The summed E-state index contributed by atoms with van der Waals surface area (Å²) in [6.07, 6.45) is -0.218. The van der Waals surface area contributed by atoms with E-state index >= 15 is 0 Å². The third-order valence-electron chi connectivity index (χ3n) is 2.10. The first-order valence-electron chi connectivity index (χ1n) is 4.15. The van der Waals surface area contributed by atoms with Crippen LogP contribution in [-0.2, 0) is 4.74 Å². The lowest BCUT2D eigenvalue weighted by Crippen LogP contribution is -2.49. The Morgan fingerprint density at radius 1 is 1.64 bits per heavy atom. The van der Waals surface area contributed by atoms with Crippen molar-refractivity contribution in [3.05, 3.63) is 0 Å². The first-order chi connectivity index (χ1) is 5.24. The fourth-order valence-electron chi connectivity index (χ4n) is 1.17. The van der Waals surface area contributed by atoms with E-state index in [1.807, 2.05) is 0 Å². The molecule has 1 aliphatic heterocycles. The molecular formula is C8H16FNO. The Morgan fingerprint density at radius 2 is 2.36 bits per heavy atom. The molecule has 0 spiro atoms. The van der Waals surface area contributed by atoms with Gasteiger partial charge in [-0.25, -0.2) is 4.39 Å². The van der Waals surface area contributed by atoms with Crippen LogP contribution in [0.1, 0.15) is 13.8 Å². The minimum atomic E-state index is -0.377. The van der Waals surface area contributed by atoms with Crippen LogP contribution in [0.3, 0.4) is 0 Å². The average Bonchev–Trinajstić information content (AvgIpc) is 2.05. The van der Waals surface area contributed by atoms with Gasteiger partial charge in [0.1, 0.15) is 6.67 Å². The monoisotopic (exact) mass is 161 g/mol. The van der Waals surface area contributed by atoms with Gasteiger partial charge in [0.2, 0.25) is 0 Å². The summed E-state index contributed by atoms with van der Waals surface area (Å²) in [5, 5.41) is 3.25. The van der Waals surface area contributed by atoms with Gasteiger partial charge in [-0.15, -0.1) is 0 Å². The van der Waals surface area contributed by atoms with Gasteiger partial charge in [-0.2, -0.15) is 0 Å². The number of nitrogens with one attached hydrogen (secondary N) is 1. The smallest absolute Gasteiger partial charge is 0.117 e. The second kappa shape index (κ2) is 4.02. The molecule has 2 nitrogen and oxygen atoms in total. The molecule has 3 heteroatoms. The van der Waals surface area contributed by atoms with Crippen molar-refractivity contribution in [2.45, 2.75) is 26.0 Å². The molecular weight excluding hydrogens is 145 g/mol. The summed E-state index contributed by atoms with van der Waals surface area (Å²) in [6, 6.07) is 0.401. The average molecular weight is 161 g/mol. The fourth-order valence-corrected chi connectivity index (χ4v) is 1.17. The van der Waals surface area contributed by atoms with Crippen LogP contribution in [0.15, 0.2) is 0 Å². The van der Waals surface area contributed by atoms with Crippen LogP contribution in [-0.4, -0.2) is 32.0 Å². The van der Waals surface area contributed by atoms with E-state index in [2.05, 4.69) is 19.2 Å². The van der Waals surface area contributed by atoms with E-state index < -0.39 is 0 Å². The number of morpholine rings is 1. The fraction of sp³-hybridized carbons (Fsp3) is 1.00. The van der Waals surface area contributed by atoms with E-state index in [4.69, 9.17) is 4.74 Å². The van der Waals surface area contributed by atoms with Crippen molar-refractivity contribution in [1.29, 1.82) is 0 Å². The molecule has 0 unspecified atom stereocenters. The van der Waals surface area contributed by atoms with Gasteiger partial charge < -0.3 is 10.1 Å². The highest BCUT2D eigenvalue weighted by Gasteiger charge is 2.22. The molecule has 0 radical (unpaired) electrons. The maximum Gasteiger partial charge on any atom is 0.117 e. The molecule has 0 bridgehead atoms. The predicted octanol–water partition coefficient (Wildman–Crippen LogP) is 0.969. The summed E-state index contributed by atoms with van der Waals surface area (Å²) in [6.45, 7) is 5.19. The number of hydrogen-bond acceptors (Lipinski definition) is 2. The van der Waals surface area contributed by atoms with Crippen LogP contribution in [0, 0.1) is 5.92 Å². The van der Waals surface area contributed by atoms with Gasteiger partial charge in [0.05, 0.1) is 12.7 Å². The van der Waals surface area contributed by atoms with Crippen LogP contribution < -0.4 is 5.32 Å². The summed E-state index contributed by atoms with van der Waals surface area (Å²) in [4.78, 5) is 0. The quantitative estimate of drug-likeness (QED) is 0.651. The van der Waals surface area contributed by atoms with Crippen molar-refractivity contribution in [3.63, 3.8) is 0 Å². The Morgan fingerprint density at radius 3 is 2.73 bits per heavy atom. The third-order valence-corrected chi connectivity index (χ3v) is 2.10. The maximum atomic E-state index is 12.0. The normalized spacial score (nSPS) is 32.7. The molecule has 2 atom stereocenters. The molecule has 1 aliphatic rings.